The summed E-state index contributed by atoms with van der Waals surface area (Å²) >= 11 is 0. The van der Waals surface area contributed by atoms with E-state index < -0.39 is 6.04 Å². The number of hydrogen-bond donors (Lipinski definition) is 3. The number of ether oxygens (including phenoxy) is 1. The highest BCUT2D eigenvalue weighted by molar-refractivity contribution is 5.92. The highest BCUT2D eigenvalue weighted by Gasteiger charge is 2.22. The number of rotatable bonds is 7. The second-order valence-corrected chi connectivity index (χ2v) is 5.95. The zero-order chi connectivity index (χ0) is 16.7. The molecule has 0 aromatic heterocycles. The van der Waals surface area contributed by atoms with Gasteiger partial charge in [-0.05, 0) is 30.5 Å². The van der Waals surface area contributed by atoms with Gasteiger partial charge in [0.1, 0.15) is 6.04 Å². The maximum Gasteiger partial charge on any atom is 0.239 e. The van der Waals surface area contributed by atoms with Crippen molar-refractivity contribution in [3.8, 4) is 0 Å². The molecule has 1 aromatic rings. The highest BCUT2D eigenvalue weighted by Crippen LogP contribution is 2.26. The number of nitrogens with two attached hydrogens (primary N) is 1. The van der Waals surface area contributed by atoms with Crippen LogP contribution in [0.25, 0.3) is 0 Å². The number of nitrogens with one attached hydrogen (secondary N) is 2. The third-order valence-corrected chi connectivity index (χ3v) is 4.07. The van der Waals surface area contributed by atoms with E-state index in [0.717, 1.165) is 36.9 Å². The molecule has 1 saturated carbocycles. The molecule has 6 heteroatoms. The molecule has 0 spiro atoms. The van der Waals surface area contributed by atoms with Crippen LogP contribution >= 0.6 is 0 Å². The van der Waals surface area contributed by atoms with E-state index >= 15 is 0 Å². The summed E-state index contributed by atoms with van der Waals surface area (Å²) in [4.78, 5) is 23.9. The fourth-order valence-corrected chi connectivity index (χ4v) is 2.77. The summed E-state index contributed by atoms with van der Waals surface area (Å²) in [5.74, 6) is -0.0385. The van der Waals surface area contributed by atoms with Crippen LogP contribution in [0.5, 0.6) is 0 Å². The number of anilines is 1. The van der Waals surface area contributed by atoms with Crippen LogP contribution in [0.15, 0.2) is 24.3 Å². The summed E-state index contributed by atoms with van der Waals surface area (Å²) in [6.45, 7) is 0.548. The second kappa shape index (κ2) is 8.64. The van der Waals surface area contributed by atoms with Gasteiger partial charge in [0.2, 0.25) is 11.8 Å². The Morgan fingerprint density at radius 2 is 2.09 bits per heavy atom. The fraction of sp³-hybridized carbons (Fsp3) is 0.529. The van der Waals surface area contributed by atoms with Gasteiger partial charge < -0.3 is 21.1 Å². The Bertz CT molecular complexity index is 542. The summed E-state index contributed by atoms with van der Waals surface area (Å²) in [6, 6.07) is 6.81. The zero-order valence-corrected chi connectivity index (χ0v) is 13.5. The Labute approximate surface area is 136 Å². The first-order valence-electron chi connectivity index (χ1n) is 8.02. The fourth-order valence-electron chi connectivity index (χ4n) is 2.77. The van der Waals surface area contributed by atoms with E-state index in [0.29, 0.717) is 6.54 Å². The molecule has 6 nitrogen and oxygen atoms in total. The molecule has 23 heavy (non-hydrogen) atoms. The minimum Gasteiger partial charge on any atom is -0.383 e. The SMILES string of the molecule is COCC(N)C(=O)NCc1cccc(NC(=O)C2CCCC2)c1. The number of hydrogen-bond acceptors (Lipinski definition) is 4. The van der Waals surface area contributed by atoms with Crippen molar-refractivity contribution in [2.24, 2.45) is 11.7 Å². The van der Waals surface area contributed by atoms with Crippen LogP contribution in [0.1, 0.15) is 31.2 Å². The molecule has 1 atom stereocenters. The van der Waals surface area contributed by atoms with Gasteiger partial charge in [-0.25, -0.2) is 0 Å². The maximum absolute atomic E-state index is 12.1. The van der Waals surface area contributed by atoms with Crippen LogP contribution in [0.3, 0.4) is 0 Å². The molecule has 1 fully saturated rings. The topological polar surface area (TPSA) is 93.4 Å². The minimum atomic E-state index is -0.676. The molecule has 4 N–H and O–H groups in total. The number of carbonyl (C=O) groups is 2. The van der Waals surface area contributed by atoms with Crippen molar-refractivity contribution < 1.29 is 14.3 Å². The lowest BCUT2D eigenvalue weighted by Gasteiger charge is -2.13. The van der Waals surface area contributed by atoms with Crippen LogP contribution in [0.4, 0.5) is 5.69 Å². The molecule has 0 radical (unpaired) electrons. The van der Waals surface area contributed by atoms with Crippen molar-refractivity contribution in [2.75, 3.05) is 19.0 Å². The largest absolute Gasteiger partial charge is 0.383 e. The number of benzene rings is 1. The molecule has 0 aliphatic heterocycles. The molecule has 2 amide bonds. The third kappa shape index (κ3) is 5.33. The summed E-state index contributed by atoms with van der Waals surface area (Å²) in [5.41, 5.74) is 7.33. The van der Waals surface area contributed by atoms with E-state index in [1.165, 1.54) is 7.11 Å². The van der Waals surface area contributed by atoms with Crippen LogP contribution in [0.2, 0.25) is 0 Å². The van der Waals surface area contributed by atoms with Crippen molar-refractivity contribution in [2.45, 2.75) is 38.3 Å². The predicted octanol–water partition coefficient (Wildman–Crippen LogP) is 1.41. The first kappa shape index (κ1) is 17.4. The molecule has 0 saturated heterocycles. The Morgan fingerprint density at radius 3 is 2.78 bits per heavy atom. The molecular formula is C17H25N3O3. The van der Waals surface area contributed by atoms with Crippen molar-refractivity contribution in [1.29, 1.82) is 0 Å². The Morgan fingerprint density at radius 1 is 1.35 bits per heavy atom. The molecule has 0 heterocycles. The summed E-state index contributed by atoms with van der Waals surface area (Å²) in [5, 5.41) is 5.72. The van der Waals surface area contributed by atoms with E-state index in [2.05, 4.69) is 10.6 Å². The van der Waals surface area contributed by atoms with Crippen molar-refractivity contribution in [3.05, 3.63) is 29.8 Å². The molecule has 1 aromatic carbocycles. The van der Waals surface area contributed by atoms with Crippen LogP contribution in [0, 0.1) is 5.92 Å². The minimum absolute atomic E-state index is 0.0887. The monoisotopic (exact) mass is 319 g/mol. The van der Waals surface area contributed by atoms with Gasteiger partial charge in [0.15, 0.2) is 0 Å². The van der Waals surface area contributed by atoms with E-state index in [1.54, 1.807) is 0 Å². The Balaban J connectivity index is 1.86. The second-order valence-electron chi connectivity index (χ2n) is 5.95. The predicted molar refractivity (Wildman–Crippen MR) is 88.7 cm³/mol. The lowest BCUT2D eigenvalue weighted by atomic mass is 10.1. The van der Waals surface area contributed by atoms with E-state index in [4.69, 9.17) is 10.5 Å². The van der Waals surface area contributed by atoms with E-state index in [1.807, 2.05) is 24.3 Å². The standard InChI is InChI=1S/C17H25N3O3/c1-23-11-15(18)17(22)19-10-12-5-4-8-14(9-12)20-16(21)13-6-2-3-7-13/h4-5,8-9,13,15H,2-3,6-7,10-11,18H2,1H3,(H,19,22)(H,20,21). The Hall–Kier alpha value is -1.92. The summed E-state index contributed by atoms with van der Waals surface area (Å²) in [7, 11) is 1.50. The molecule has 2 rings (SSSR count). The molecule has 126 valence electrons. The quantitative estimate of drug-likeness (QED) is 0.708. The molecule has 1 unspecified atom stereocenters. The van der Waals surface area contributed by atoms with Crippen molar-refractivity contribution in [3.63, 3.8) is 0 Å². The molecule has 1 aliphatic carbocycles. The average molecular weight is 319 g/mol. The van der Waals surface area contributed by atoms with Gasteiger partial charge in [0, 0.05) is 25.3 Å². The number of methoxy groups -OCH3 is 1. The maximum atomic E-state index is 12.1. The number of carbonyl (C=O) groups excluding carboxylic acids is 2. The zero-order valence-electron chi connectivity index (χ0n) is 13.5. The lowest BCUT2D eigenvalue weighted by molar-refractivity contribution is -0.123. The van der Waals surface area contributed by atoms with Crippen LogP contribution in [-0.2, 0) is 20.9 Å². The van der Waals surface area contributed by atoms with E-state index in [9.17, 15) is 9.59 Å². The number of amides is 2. The average Bonchev–Trinajstić information content (AvgIpc) is 3.08. The van der Waals surface area contributed by atoms with Gasteiger partial charge in [0.05, 0.1) is 6.61 Å². The third-order valence-electron chi connectivity index (χ3n) is 4.07. The first-order valence-corrected chi connectivity index (χ1v) is 8.02. The van der Waals surface area contributed by atoms with Gasteiger partial charge in [-0.1, -0.05) is 25.0 Å². The smallest absolute Gasteiger partial charge is 0.239 e. The first-order chi connectivity index (χ1) is 11.1. The molecule has 1 aliphatic rings. The summed E-state index contributed by atoms with van der Waals surface area (Å²) in [6.07, 6.45) is 4.20. The normalized spacial score (nSPS) is 16.1. The van der Waals surface area contributed by atoms with Gasteiger partial charge >= 0.3 is 0 Å². The van der Waals surface area contributed by atoms with Crippen LogP contribution < -0.4 is 16.4 Å². The van der Waals surface area contributed by atoms with E-state index in [-0.39, 0.29) is 24.3 Å². The van der Waals surface area contributed by atoms with Crippen LogP contribution in [-0.4, -0.2) is 31.6 Å². The van der Waals surface area contributed by atoms with Gasteiger partial charge in [-0.2, -0.15) is 0 Å². The molecular weight excluding hydrogens is 294 g/mol. The van der Waals surface area contributed by atoms with Crippen molar-refractivity contribution in [1.82, 2.24) is 5.32 Å². The highest BCUT2D eigenvalue weighted by atomic mass is 16.5. The van der Waals surface area contributed by atoms with Crippen molar-refractivity contribution >= 4 is 17.5 Å². The van der Waals surface area contributed by atoms with Gasteiger partial charge in [0.25, 0.3) is 0 Å². The lowest BCUT2D eigenvalue weighted by Crippen LogP contribution is -2.43. The van der Waals surface area contributed by atoms with Gasteiger partial charge in [-0.15, -0.1) is 0 Å². The Kier molecular flexibility index (Phi) is 6.55. The summed E-state index contributed by atoms with van der Waals surface area (Å²) < 4.78 is 4.86. The molecule has 0 bridgehead atoms. The van der Waals surface area contributed by atoms with Gasteiger partial charge in [-0.3, -0.25) is 9.59 Å².